The van der Waals surface area contributed by atoms with Gasteiger partial charge in [0, 0.05) is 13.1 Å². The number of nitrogens with zero attached hydrogens (tertiary/aromatic N) is 2. The second-order valence-corrected chi connectivity index (χ2v) is 10.7. The zero-order valence-electron chi connectivity index (χ0n) is 16.9. The second kappa shape index (κ2) is 8.69. The summed E-state index contributed by atoms with van der Waals surface area (Å²) in [5, 5.41) is 0.301. The van der Waals surface area contributed by atoms with Crippen LogP contribution in [0.1, 0.15) is 37.6 Å². The van der Waals surface area contributed by atoms with Crippen LogP contribution in [0.3, 0.4) is 0 Å². The largest absolute Gasteiger partial charge is 0.332 e. The van der Waals surface area contributed by atoms with E-state index in [1.165, 1.54) is 23.1 Å². The highest BCUT2D eigenvalue weighted by atomic mass is 35.5. The van der Waals surface area contributed by atoms with E-state index < -0.39 is 10.0 Å². The van der Waals surface area contributed by atoms with E-state index in [0.717, 1.165) is 26.1 Å². The van der Waals surface area contributed by atoms with Crippen LogP contribution in [0.25, 0.3) is 0 Å². The maximum atomic E-state index is 13.2. The number of halogens is 1. The molecule has 2 heterocycles. The number of nitrogens with one attached hydrogen (secondary N) is 1. The van der Waals surface area contributed by atoms with Crippen LogP contribution in [0, 0.1) is 11.8 Å². The molecule has 0 aromatic heterocycles. The summed E-state index contributed by atoms with van der Waals surface area (Å²) in [6.07, 6.45) is 1.03. The Bertz CT molecular complexity index is 812. The number of piperazine rings is 1. The smallest absolute Gasteiger partial charge is 0.255 e. The normalized spacial score (nSPS) is 25.1. The Morgan fingerprint density at radius 1 is 1.18 bits per heavy atom. The Balaban J connectivity index is 1.84. The van der Waals surface area contributed by atoms with Gasteiger partial charge in [-0.2, -0.15) is 4.31 Å². The molecule has 0 bridgehead atoms. The molecule has 0 radical (unpaired) electrons. The van der Waals surface area contributed by atoms with Crippen molar-refractivity contribution in [3.8, 4) is 0 Å². The Morgan fingerprint density at radius 3 is 2.36 bits per heavy atom. The van der Waals surface area contributed by atoms with Crippen LogP contribution in [0.5, 0.6) is 0 Å². The van der Waals surface area contributed by atoms with Crippen LogP contribution >= 0.6 is 11.6 Å². The van der Waals surface area contributed by atoms with E-state index in [-0.39, 0.29) is 16.4 Å². The number of benzene rings is 1. The molecule has 1 N–H and O–H groups in total. The van der Waals surface area contributed by atoms with Gasteiger partial charge in [0.15, 0.2) is 0 Å². The first-order valence-electron chi connectivity index (χ1n) is 10.1. The fourth-order valence-electron chi connectivity index (χ4n) is 4.33. The SMILES string of the molecule is CC[NH+]1CCN(C(=O)c2cc(S(=O)(=O)N3C[C@H](C)C[C@@H](C)C3)ccc2Cl)CC1. The predicted octanol–water partition coefficient (Wildman–Crippen LogP) is 1.37. The van der Waals surface area contributed by atoms with Crippen LogP contribution in [0.15, 0.2) is 23.1 Å². The molecule has 28 heavy (non-hydrogen) atoms. The molecule has 1 aromatic carbocycles. The highest BCUT2D eigenvalue weighted by Gasteiger charge is 2.33. The molecule has 2 fully saturated rings. The van der Waals surface area contributed by atoms with Gasteiger partial charge < -0.3 is 9.80 Å². The lowest BCUT2D eigenvalue weighted by Crippen LogP contribution is -3.14. The summed E-state index contributed by atoms with van der Waals surface area (Å²) in [5.41, 5.74) is 0.279. The molecular weight excluding hydrogens is 398 g/mol. The van der Waals surface area contributed by atoms with Crippen LogP contribution in [0.4, 0.5) is 0 Å². The van der Waals surface area contributed by atoms with Gasteiger partial charge in [0.2, 0.25) is 10.0 Å². The number of sulfonamides is 1. The fourth-order valence-corrected chi connectivity index (χ4v) is 6.23. The molecule has 2 atom stereocenters. The fraction of sp³-hybridized carbons (Fsp3) is 0.650. The van der Waals surface area contributed by atoms with E-state index in [1.807, 2.05) is 0 Å². The molecule has 8 heteroatoms. The minimum atomic E-state index is -3.64. The first-order chi connectivity index (χ1) is 13.2. The Hall–Kier alpha value is -1.15. The van der Waals surface area contributed by atoms with Crippen LogP contribution in [-0.4, -0.2) is 69.3 Å². The molecule has 3 rings (SSSR count). The summed E-state index contributed by atoms with van der Waals surface area (Å²) < 4.78 is 27.9. The van der Waals surface area contributed by atoms with Crippen molar-refractivity contribution in [3.05, 3.63) is 28.8 Å². The van der Waals surface area contributed by atoms with Gasteiger partial charge in [0.1, 0.15) is 0 Å². The van der Waals surface area contributed by atoms with Crippen molar-refractivity contribution in [2.24, 2.45) is 11.8 Å². The first-order valence-corrected chi connectivity index (χ1v) is 12.0. The number of carbonyl (C=O) groups is 1. The van der Waals surface area contributed by atoms with Crippen molar-refractivity contribution in [2.45, 2.75) is 32.1 Å². The standard InChI is InChI=1S/C20H30ClN3O3S/c1-4-22-7-9-23(10-8-22)20(25)18-12-17(5-6-19(18)21)28(26,27)24-13-15(2)11-16(3)14-24/h5-6,12,15-16H,4,7-11,13-14H2,1-3H3/p+1/t15-,16-/m1/s1. The monoisotopic (exact) mass is 428 g/mol. The van der Waals surface area contributed by atoms with Crippen LogP contribution < -0.4 is 4.90 Å². The van der Waals surface area contributed by atoms with Gasteiger partial charge in [-0.1, -0.05) is 25.4 Å². The molecule has 6 nitrogen and oxygen atoms in total. The van der Waals surface area contributed by atoms with Crippen molar-refractivity contribution in [3.63, 3.8) is 0 Å². The molecule has 1 amide bonds. The first kappa shape index (κ1) is 21.6. The van der Waals surface area contributed by atoms with Crippen molar-refractivity contribution >= 4 is 27.5 Å². The van der Waals surface area contributed by atoms with E-state index in [4.69, 9.17) is 11.6 Å². The van der Waals surface area contributed by atoms with Gasteiger partial charge in [-0.15, -0.1) is 0 Å². The maximum Gasteiger partial charge on any atom is 0.255 e. The molecule has 2 aliphatic heterocycles. The van der Waals surface area contributed by atoms with E-state index in [1.54, 1.807) is 9.21 Å². The van der Waals surface area contributed by atoms with E-state index >= 15 is 0 Å². The average molecular weight is 429 g/mol. The third-order valence-corrected chi connectivity index (χ3v) is 8.06. The van der Waals surface area contributed by atoms with Crippen LogP contribution in [0.2, 0.25) is 5.02 Å². The quantitative estimate of drug-likeness (QED) is 0.787. The number of quaternary nitrogens is 1. The average Bonchev–Trinajstić information content (AvgIpc) is 2.67. The zero-order chi connectivity index (χ0) is 20.5. The van der Waals surface area contributed by atoms with Crippen LogP contribution in [-0.2, 0) is 10.0 Å². The van der Waals surface area contributed by atoms with Gasteiger partial charge in [-0.25, -0.2) is 8.42 Å². The summed E-state index contributed by atoms with van der Waals surface area (Å²) in [6.45, 7) is 11.5. The van der Waals surface area contributed by atoms with Gasteiger partial charge in [-0.05, 0) is 43.4 Å². The number of rotatable bonds is 4. The van der Waals surface area contributed by atoms with Crippen molar-refractivity contribution in [1.82, 2.24) is 9.21 Å². The molecule has 2 aliphatic rings. The molecular formula is C20H31ClN3O3S+. The molecule has 0 saturated carbocycles. The summed E-state index contributed by atoms with van der Waals surface area (Å²) in [6, 6.07) is 4.51. The summed E-state index contributed by atoms with van der Waals surface area (Å²) >= 11 is 6.29. The van der Waals surface area contributed by atoms with Gasteiger partial charge in [0.25, 0.3) is 5.91 Å². The highest BCUT2D eigenvalue weighted by Crippen LogP contribution is 2.29. The Morgan fingerprint density at radius 2 is 1.79 bits per heavy atom. The maximum absolute atomic E-state index is 13.2. The topological polar surface area (TPSA) is 62.1 Å². The van der Waals surface area contributed by atoms with Crippen molar-refractivity contribution in [1.29, 1.82) is 0 Å². The Kier molecular flexibility index (Phi) is 6.69. The summed E-state index contributed by atoms with van der Waals surface area (Å²) in [7, 11) is -3.64. The van der Waals surface area contributed by atoms with Gasteiger partial charge >= 0.3 is 0 Å². The predicted molar refractivity (Wildman–Crippen MR) is 110 cm³/mol. The van der Waals surface area contributed by atoms with E-state index in [0.29, 0.717) is 43.0 Å². The number of hydrogen-bond acceptors (Lipinski definition) is 3. The second-order valence-electron chi connectivity index (χ2n) is 8.31. The summed E-state index contributed by atoms with van der Waals surface area (Å²) in [5.74, 6) is 0.464. The number of piperidine rings is 1. The lowest BCUT2D eigenvalue weighted by Gasteiger charge is -2.34. The molecule has 0 spiro atoms. The number of hydrogen-bond donors (Lipinski definition) is 1. The number of carbonyl (C=O) groups excluding carboxylic acids is 1. The Labute approximate surface area is 173 Å². The van der Waals surface area contributed by atoms with Crippen molar-refractivity contribution in [2.75, 3.05) is 45.8 Å². The van der Waals surface area contributed by atoms with Crippen molar-refractivity contribution < 1.29 is 18.1 Å². The molecule has 2 saturated heterocycles. The highest BCUT2D eigenvalue weighted by molar-refractivity contribution is 7.89. The van der Waals surface area contributed by atoms with E-state index in [2.05, 4.69) is 20.8 Å². The molecule has 0 unspecified atom stereocenters. The molecule has 156 valence electrons. The third-order valence-electron chi connectivity index (χ3n) is 5.90. The minimum absolute atomic E-state index is 0.152. The minimum Gasteiger partial charge on any atom is -0.332 e. The van der Waals surface area contributed by atoms with Gasteiger partial charge in [-0.3, -0.25) is 4.79 Å². The van der Waals surface area contributed by atoms with Gasteiger partial charge in [0.05, 0.1) is 48.2 Å². The zero-order valence-corrected chi connectivity index (χ0v) is 18.5. The third kappa shape index (κ3) is 4.53. The van der Waals surface area contributed by atoms with E-state index in [9.17, 15) is 13.2 Å². The lowest BCUT2D eigenvalue weighted by atomic mass is 9.94. The molecule has 1 aromatic rings. The number of amides is 1. The molecule has 0 aliphatic carbocycles. The lowest BCUT2D eigenvalue weighted by molar-refractivity contribution is -0.902. The summed E-state index contributed by atoms with van der Waals surface area (Å²) in [4.78, 5) is 16.4. The number of likely N-dealkylation sites (N-methyl/N-ethyl adjacent to an activating group) is 1.